The molecule has 1 aromatic carbocycles. The van der Waals surface area contributed by atoms with E-state index in [1.165, 1.54) is 6.07 Å². The van der Waals surface area contributed by atoms with Crippen LogP contribution < -0.4 is 5.14 Å². The molecule has 0 aliphatic heterocycles. The number of nitrogens with zero attached hydrogens (tertiary/aromatic N) is 2. The van der Waals surface area contributed by atoms with Crippen molar-refractivity contribution < 1.29 is 22.4 Å². The van der Waals surface area contributed by atoms with Gasteiger partial charge in [-0.15, -0.1) is 10.2 Å². The molecule has 0 unspecified atom stereocenters. The third-order valence-electron chi connectivity index (χ3n) is 3.22. The summed E-state index contributed by atoms with van der Waals surface area (Å²) in [6.07, 6.45) is -0.762. The van der Waals surface area contributed by atoms with Crippen molar-refractivity contribution in [3.63, 3.8) is 0 Å². The predicted octanol–water partition coefficient (Wildman–Crippen LogP) is 1.56. The van der Waals surface area contributed by atoms with Gasteiger partial charge in [-0.3, -0.25) is 0 Å². The summed E-state index contributed by atoms with van der Waals surface area (Å²) in [6.45, 7) is 6.48. The van der Waals surface area contributed by atoms with Crippen LogP contribution in [0, 0.1) is 20.8 Å². The number of carbonyl (C=O) groups excluding carboxylic acids is 1. The molecule has 2 aromatic rings. The number of sulfonamides is 1. The molecule has 2 N–H and O–H groups in total. The SMILES string of the molecule is Cc1nnc([C@@H](C)OC(=O)c2cc(S(N)(=O)=O)c(C)cc2C)o1. The molecule has 1 aromatic heterocycles. The fourth-order valence-corrected chi connectivity index (χ4v) is 2.90. The quantitative estimate of drug-likeness (QED) is 0.838. The van der Waals surface area contributed by atoms with Crippen molar-refractivity contribution >= 4 is 16.0 Å². The zero-order chi connectivity index (χ0) is 17.4. The molecular formula is C14H17N3O5S. The molecule has 124 valence electrons. The molecule has 9 heteroatoms. The largest absolute Gasteiger partial charge is 0.449 e. The van der Waals surface area contributed by atoms with Crippen LogP contribution in [0.25, 0.3) is 0 Å². The molecule has 23 heavy (non-hydrogen) atoms. The number of aromatic nitrogens is 2. The first-order chi connectivity index (χ1) is 10.6. The van der Waals surface area contributed by atoms with E-state index in [4.69, 9.17) is 14.3 Å². The van der Waals surface area contributed by atoms with Gasteiger partial charge in [0.05, 0.1) is 10.5 Å². The topological polar surface area (TPSA) is 125 Å². The second-order valence-electron chi connectivity index (χ2n) is 5.18. The van der Waals surface area contributed by atoms with Gasteiger partial charge in [0.15, 0.2) is 6.10 Å². The van der Waals surface area contributed by atoms with E-state index in [2.05, 4.69) is 10.2 Å². The summed E-state index contributed by atoms with van der Waals surface area (Å²) < 4.78 is 33.6. The van der Waals surface area contributed by atoms with Gasteiger partial charge in [0.1, 0.15) is 0 Å². The number of esters is 1. The van der Waals surface area contributed by atoms with Crippen LogP contribution in [0.2, 0.25) is 0 Å². The Morgan fingerprint density at radius 3 is 2.39 bits per heavy atom. The number of rotatable bonds is 4. The maximum absolute atomic E-state index is 12.3. The molecule has 0 bridgehead atoms. The maximum atomic E-state index is 12.3. The molecule has 1 heterocycles. The van der Waals surface area contributed by atoms with Crippen LogP contribution in [-0.2, 0) is 14.8 Å². The molecule has 0 fully saturated rings. The first-order valence-corrected chi connectivity index (χ1v) is 8.29. The summed E-state index contributed by atoms with van der Waals surface area (Å²) >= 11 is 0. The first kappa shape index (κ1) is 17.1. The lowest BCUT2D eigenvalue weighted by Gasteiger charge is -2.13. The van der Waals surface area contributed by atoms with Gasteiger partial charge in [-0.1, -0.05) is 6.07 Å². The molecule has 0 amide bonds. The number of benzene rings is 1. The van der Waals surface area contributed by atoms with E-state index >= 15 is 0 Å². The van der Waals surface area contributed by atoms with Crippen molar-refractivity contribution in [1.29, 1.82) is 0 Å². The number of hydrogen-bond donors (Lipinski definition) is 1. The number of carbonyl (C=O) groups is 1. The third-order valence-corrected chi connectivity index (χ3v) is 4.27. The summed E-state index contributed by atoms with van der Waals surface area (Å²) in [7, 11) is -3.93. The highest BCUT2D eigenvalue weighted by atomic mass is 32.2. The zero-order valence-electron chi connectivity index (χ0n) is 13.2. The molecule has 2 rings (SSSR count). The second kappa shape index (κ2) is 6.09. The monoisotopic (exact) mass is 339 g/mol. The van der Waals surface area contributed by atoms with E-state index in [0.29, 0.717) is 17.0 Å². The van der Waals surface area contributed by atoms with E-state index in [-0.39, 0.29) is 16.3 Å². The Bertz CT molecular complexity index is 857. The van der Waals surface area contributed by atoms with E-state index in [1.54, 1.807) is 33.8 Å². The summed E-state index contributed by atoms with van der Waals surface area (Å²) in [4.78, 5) is 12.2. The minimum absolute atomic E-state index is 0.114. The third kappa shape index (κ3) is 3.74. The van der Waals surface area contributed by atoms with Crippen molar-refractivity contribution in [2.45, 2.75) is 38.7 Å². The molecule has 0 saturated heterocycles. The molecule has 0 saturated carbocycles. The summed E-state index contributed by atoms with van der Waals surface area (Å²) in [5.74, 6) is -0.186. The Balaban J connectivity index is 2.32. The van der Waals surface area contributed by atoms with Crippen LogP contribution in [0.4, 0.5) is 0 Å². The number of ether oxygens (including phenoxy) is 1. The van der Waals surface area contributed by atoms with Gasteiger partial charge in [-0.05, 0) is 38.0 Å². The minimum atomic E-state index is -3.93. The van der Waals surface area contributed by atoms with Gasteiger partial charge >= 0.3 is 5.97 Å². The fourth-order valence-electron chi connectivity index (χ4n) is 2.11. The molecule has 1 atom stereocenters. The van der Waals surface area contributed by atoms with Crippen molar-refractivity contribution in [2.24, 2.45) is 5.14 Å². The number of primary sulfonamides is 1. The smallest absolute Gasteiger partial charge is 0.339 e. The summed E-state index contributed by atoms with van der Waals surface area (Å²) in [6, 6.07) is 2.78. The summed E-state index contributed by atoms with van der Waals surface area (Å²) in [5, 5.41) is 12.6. The summed E-state index contributed by atoms with van der Waals surface area (Å²) in [5.41, 5.74) is 1.15. The Morgan fingerprint density at radius 2 is 1.87 bits per heavy atom. The predicted molar refractivity (Wildman–Crippen MR) is 80.2 cm³/mol. The number of aryl methyl sites for hydroxylation is 3. The van der Waals surface area contributed by atoms with Crippen molar-refractivity contribution in [3.8, 4) is 0 Å². The van der Waals surface area contributed by atoms with Gasteiger partial charge in [-0.25, -0.2) is 18.4 Å². The second-order valence-corrected chi connectivity index (χ2v) is 6.71. The van der Waals surface area contributed by atoms with E-state index in [1.807, 2.05) is 0 Å². The molecule has 8 nitrogen and oxygen atoms in total. The van der Waals surface area contributed by atoms with Gasteiger partial charge in [0.25, 0.3) is 5.89 Å². The average Bonchev–Trinajstić information content (AvgIpc) is 2.83. The Hall–Kier alpha value is -2.26. The van der Waals surface area contributed by atoms with E-state index in [9.17, 15) is 13.2 Å². The van der Waals surface area contributed by atoms with Crippen molar-refractivity contribution in [1.82, 2.24) is 10.2 Å². The average molecular weight is 339 g/mol. The highest BCUT2D eigenvalue weighted by Gasteiger charge is 2.22. The highest BCUT2D eigenvalue weighted by Crippen LogP contribution is 2.23. The standard InChI is InChI=1S/C14H17N3O5S/c1-7-5-8(2)12(23(15,19)20)6-11(7)14(18)21-9(3)13-17-16-10(4)22-13/h5-6,9H,1-4H3,(H2,15,19,20)/t9-/m1/s1. The van der Waals surface area contributed by atoms with Gasteiger partial charge in [0.2, 0.25) is 15.9 Å². The molecule has 0 spiro atoms. The highest BCUT2D eigenvalue weighted by molar-refractivity contribution is 7.89. The van der Waals surface area contributed by atoms with Crippen LogP contribution in [0.5, 0.6) is 0 Å². The molecule has 0 aliphatic rings. The first-order valence-electron chi connectivity index (χ1n) is 6.74. The van der Waals surface area contributed by atoms with Crippen LogP contribution >= 0.6 is 0 Å². The lowest BCUT2D eigenvalue weighted by Crippen LogP contribution is -2.17. The molecular weight excluding hydrogens is 322 g/mol. The van der Waals surface area contributed by atoms with Gasteiger partial charge < -0.3 is 9.15 Å². The number of nitrogens with two attached hydrogens (primary N) is 1. The zero-order valence-corrected chi connectivity index (χ0v) is 14.0. The van der Waals surface area contributed by atoms with Crippen molar-refractivity contribution in [2.75, 3.05) is 0 Å². The minimum Gasteiger partial charge on any atom is -0.449 e. The molecule has 0 radical (unpaired) electrons. The Morgan fingerprint density at radius 1 is 1.22 bits per heavy atom. The van der Waals surface area contributed by atoms with E-state index < -0.39 is 22.1 Å². The molecule has 0 aliphatic carbocycles. The number of hydrogen-bond acceptors (Lipinski definition) is 7. The normalized spacial score (nSPS) is 12.9. The maximum Gasteiger partial charge on any atom is 0.339 e. The van der Waals surface area contributed by atoms with Crippen LogP contribution in [0.15, 0.2) is 21.4 Å². The van der Waals surface area contributed by atoms with Crippen LogP contribution in [0.1, 0.15) is 46.3 Å². The van der Waals surface area contributed by atoms with Crippen LogP contribution in [0.3, 0.4) is 0 Å². The Labute approximate surface area is 133 Å². The van der Waals surface area contributed by atoms with Gasteiger partial charge in [0, 0.05) is 6.92 Å². The van der Waals surface area contributed by atoms with Crippen molar-refractivity contribution in [3.05, 3.63) is 40.6 Å². The van der Waals surface area contributed by atoms with Gasteiger partial charge in [-0.2, -0.15) is 0 Å². The van der Waals surface area contributed by atoms with E-state index in [0.717, 1.165) is 0 Å². The lowest BCUT2D eigenvalue weighted by molar-refractivity contribution is 0.0275. The van der Waals surface area contributed by atoms with Crippen LogP contribution in [-0.4, -0.2) is 24.6 Å². The Kier molecular flexibility index (Phi) is 4.53. The lowest BCUT2D eigenvalue weighted by atomic mass is 10.1. The fraction of sp³-hybridized carbons (Fsp3) is 0.357.